The van der Waals surface area contributed by atoms with Crippen molar-refractivity contribution in [3.8, 4) is 5.75 Å². The van der Waals surface area contributed by atoms with Gasteiger partial charge in [0.1, 0.15) is 0 Å². The van der Waals surface area contributed by atoms with Crippen molar-refractivity contribution in [1.82, 2.24) is 5.32 Å². The number of nitro benzene ring substituents is 1. The topological polar surface area (TPSA) is 64.4 Å². The van der Waals surface area contributed by atoms with Crippen LogP contribution in [0, 0.1) is 10.1 Å². The van der Waals surface area contributed by atoms with Crippen LogP contribution in [0.1, 0.15) is 29.9 Å². The second-order valence-electron chi connectivity index (χ2n) is 4.86. The number of benzene rings is 1. The van der Waals surface area contributed by atoms with Crippen LogP contribution in [0.3, 0.4) is 0 Å². The van der Waals surface area contributed by atoms with Gasteiger partial charge < -0.3 is 10.1 Å². The third-order valence-corrected chi connectivity index (χ3v) is 3.85. The summed E-state index contributed by atoms with van der Waals surface area (Å²) in [4.78, 5) is 10.6. The number of hydrogen-bond acceptors (Lipinski definition) is 4. The van der Waals surface area contributed by atoms with Crippen LogP contribution in [0.15, 0.2) is 12.1 Å². The van der Waals surface area contributed by atoms with Gasteiger partial charge in [0.25, 0.3) is 0 Å². The second-order valence-corrected chi connectivity index (χ2v) is 4.86. The average molecular weight is 248 g/mol. The number of nitrogens with one attached hydrogen (secondary N) is 1. The number of nitro groups is 1. The summed E-state index contributed by atoms with van der Waals surface area (Å²) in [6.45, 7) is 2.62. The fourth-order valence-electron chi connectivity index (χ4n) is 2.96. The minimum absolute atomic E-state index is 0.111. The van der Waals surface area contributed by atoms with E-state index in [9.17, 15) is 10.1 Å². The average Bonchev–Trinajstić information content (AvgIpc) is 2.87. The van der Waals surface area contributed by atoms with Gasteiger partial charge >= 0.3 is 5.69 Å². The van der Waals surface area contributed by atoms with Crippen molar-refractivity contribution in [2.24, 2.45) is 0 Å². The molecule has 0 amide bonds. The Balaban J connectivity index is 2.01. The summed E-state index contributed by atoms with van der Waals surface area (Å²) in [7, 11) is 0. The molecule has 0 aromatic heterocycles. The Morgan fingerprint density at radius 3 is 2.83 bits per heavy atom. The van der Waals surface area contributed by atoms with Crippen LogP contribution >= 0.6 is 0 Å². The Labute approximate surface area is 105 Å². The first-order valence-corrected chi connectivity index (χ1v) is 6.41. The molecule has 0 spiro atoms. The molecule has 0 bridgehead atoms. The molecule has 1 fully saturated rings. The number of rotatable bonds is 2. The van der Waals surface area contributed by atoms with E-state index < -0.39 is 0 Å². The third kappa shape index (κ3) is 1.84. The summed E-state index contributed by atoms with van der Waals surface area (Å²) < 4.78 is 5.47. The Bertz CT molecular complexity index is 481. The first kappa shape index (κ1) is 11.5. The van der Waals surface area contributed by atoms with Gasteiger partial charge in [0.15, 0.2) is 0 Å². The highest BCUT2D eigenvalue weighted by molar-refractivity contribution is 5.57. The molecule has 2 heterocycles. The van der Waals surface area contributed by atoms with E-state index in [1.807, 2.05) is 6.07 Å². The zero-order valence-corrected chi connectivity index (χ0v) is 10.1. The van der Waals surface area contributed by atoms with Gasteiger partial charge in [-0.25, -0.2) is 0 Å². The van der Waals surface area contributed by atoms with Gasteiger partial charge in [-0.15, -0.1) is 0 Å². The van der Waals surface area contributed by atoms with Crippen LogP contribution in [0.25, 0.3) is 0 Å². The lowest BCUT2D eigenvalue weighted by Gasteiger charge is -2.24. The molecule has 18 heavy (non-hydrogen) atoms. The van der Waals surface area contributed by atoms with Crippen LogP contribution in [0.5, 0.6) is 5.75 Å². The van der Waals surface area contributed by atoms with Crippen molar-refractivity contribution >= 4 is 5.69 Å². The highest BCUT2D eigenvalue weighted by atomic mass is 16.6. The van der Waals surface area contributed by atoms with Gasteiger partial charge in [0.2, 0.25) is 5.75 Å². The molecule has 0 aliphatic carbocycles. The lowest BCUT2D eigenvalue weighted by atomic mass is 9.86. The highest BCUT2D eigenvalue weighted by Crippen LogP contribution is 2.41. The molecule has 1 aromatic carbocycles. The zero-order chi connectivity index (χ0) is 12.5. The number of hydrogen-bond donors (Lipinski definition) is 1. The molecule has 2 aliphatic rings. The molecular weight excluding hydrogens is 232 g/mol. The van der Waals surface area contributed by atoms with Crippen LogP contribution in [0.4, 0.5) is 5.69 Å². The molecule has 2 aliphatic heterocycles. The van der Waals surface area contributed by atoms with Gasteiger partial charge in [-0.3, -0.25) is 10.1 Å². The first-order valence-electron chi connectivity index (χ1n) is 6.41. The van der Waals surface area contributed by atoms with Gasteiger partial charge in [0.05, 0.1) is 11.5 Å². The standard InChI is InChI=1S/C13H16N2O3/c16-15(17)12-2-1-10(9-3-6-14-7-4-9)11-5-8-18-13(11)12/h1-2,9,14H,3-8H2. The van der Waals surface area contributed by atoms with Gasteiger partial charge in [-0.1, -0.05) is 6.07 Å². The normalized spacial score (nSPS) is 19.3. The van der Waals surface area contributed by atoms with Crippen LogP contribution in [-0.4, -0.2) is 24.6 Å². The summed E-state index contributed by atoms with van der Waals surface area (Å²) in [5, 5.41) is 14.3. The van der Waals surface area contributed by atoms with Gasteiger partial charge in [0, 0.05) is 18.1 Å². The van der Waals surface area contributed by atoms with E-state index in [4.69, 9.17) is 4.74 Å². The summed E-state index contributed by atoms with van der Waals surface area (Å²) in [6, 6.07) is 3.53. The summed E-state index contributed by atoms with van der Waals surface area (Å²) in [5.74, 6) is 1.03. The molecule has 96 valence electrons. The van der Waals surface area contributed by atoms with Gasteiger partial charge in [-0.2, -0.15) is 0 Å². The van der Waals surface area contributed by atoms with E-state index in [1.54, 1.807) is 6.07 Å². The van der Waals surface area contributed by atoms with Crippen LogP contribution in [0.2, 0.25) is 0 Å². The van der Waals surface area contributed by atoms with E-state index in [-0.39, 0.29) is 10.6 Å². The Hall–Kier alpha value is -1.62. The van der Waals surface area contributed by atoms with Crippen molar-refractivity contribution in [1.29, 1.82) is 0 Å². The van der Waals surface area contributed by atoms with Crippen molar-refractivity contribution in [2.75, 3.05) is 19.7 Å². The molecule has 5 heteroatoms. The molecule has 0 unspecified atom stereocenters. The molecule has 1 N–H and O–H groups in total. The maximum absolute atomic E-state index is 11.0. The maximum Gasteiger partial charge on any atom is 0.311 e. The van der Waals surface area contributed by atoms with Crippen molar-refractivity contribution in [3.05, 3.63) is 33.4 Å². The fourth-order valence-corrected chi connectivity index (χ4v) is 2.96. The molecule has 1 saturated heterocycles. The number of piperidine rings is 1. The first-order chi connectivity index (χ1) is 8.77. The van der Waals surface area contributed by atoms with E-state index in [2.05, 4.69) is 5.32 Å². The lowest BCUT2D eigenvalue weighted by Crippen LogP contribution is -2.27. The Morgan fingerprint density at radius 2 is 2.11 bits per heavy atom. The Kier molecular flexibility index (Phi) is 2.91. The summed E-state index contributed by atoms with van der Waals surface area (Å²) >= 11 is 0. The third-order valence-electron chi connectivity index (χ3n) is 3.85. The molecule has 3 rings (SSSR count). The maximum atomic E-state index is 11.0. The SMILES string of the molecule is O=[N+]([O-])c1ccc(C2CCNCC2)c2c1OCC2. The summed E-state index contributed by atoms with van der Waals surface area (Å²) in [5.41, 5.74) is 2.44. The number of nitrogens with zero attached hydrogens (tertiary/aromatic N) is 1. The van der Waals surface area contributed by atoms with Crippen LogP contribution in [-0.2, 0) is 6.42 Å². The molecule has 1 aromatic rings. The number of ether oxygens (including phenoxy) is 1. The number of fused-ring (bicyclic) bond motifs is 1. The summed E-state index contributed by atoms with van der Waals surface area (Å²) in [6.07, 6.45) is 3.00. The smallest absolute Gasteiger partial charge is 0.311 e. The Morgan fingerprint density at radius 1 is 1.33 bits per heavy atom. The van der Waals surface area contributed by atoms with Crippen molar-refractivity contribution in [3.63, 3.8) is 0 Å². The highest BCUT2D eigenvalue weighted by Gasteiger charge is 2.29. The second kappa shape index (κ2) is 4.57. The zero-order valence-electron chi connectivity index (χ0n) is 10.1. The molecule has 5 nitrogen and oxygen atoms in total. The molecule has 0 atom stereocenters. The van der Waals surface area contributed by atoms with E-state index >= 15 is 0 Å². The lowest BCUT2D eigenvalue weighted by molar-refractivity contribution is -0.385. The van der Waals surface area contributed by atoms with Crippen molar-refractivity contribution < 1.29 is 9.66 Å². The molecule has 0 radical (unpaired) electrons. The predicted octanol–water partition coefficient (Wildman–Crippen LogP) is 2.00. The van der Waals surface area contributed by atoms with E-state index in [0.29, 0.717) is 18.3 Å². The minimum atomic E-state index is -0.351. The van der Waals surface area contributed by atoms with Gasteiger partial charge in [-0.05, 0) is 37.4 Å². The predicted molar refractivity (Wildman–Crippen MR) is 67.1 cm³/mol. The van der Waals surface area contributed by atoms with Crippen molar-refractivity contribution in [2.45, 2.75) is 25.2 Å². The quantitative estimate of drug-likeness (QED) is 0.642. The van der Waals surface area contributed by atoms with E-state index in [1.165, 1.54) is 5.56 Å². The molecular formula is C13H16N2O3. The minimum Gasteiger partial charge on any atom is -0.486 e. The van der Waals surface area contributed by atoms with E-state index in [0.717, 1.165) is 37.9 Å². The fraction of sp³-hybridized carbons (Fsp3) is 0.538. The van der Waals surface area contributed by atoms with Crippen LogP contribution < -0.4 is 10.1 Å². The molecule has 0 saturated carbocycles. The largest absolute Gasteiger partial charge is 0.486 e. The monoisotopic (exact) mass is 248 g/mol.